The highest BCUT2D eigenvalue weighted by Crippen LogP contribution is 2.38. The Morgan fingerprint density at radius 2 is 1.78 bits per heavy atom. The molecule has 0 aromatic heterocycles. The van der Waals surface area contributed by atoms with Crippen molar-refractivity contribution in [2.24, 2.45) is 5.92 Å². The van der Waals surface area contributed by atoms with E-state index in [1.54, 1.807) is 18.2 Å². The van der Waals surface area contributed by atoms with Gasteiger partial charge in [-0.2, -0.15) is 8.78 Å². The monoisotopic (exact) mass is 256 g/mol. The van der Waals surface area contributed by atoms with Crippen LogP contribution in [0.25, 0.3) is 0 Å². The largest absolute Gasteiger partial charge is 0.434 e. The van der Waals surface area contributed by atoms with Gasteiger partial charge in [0.1, 0.15) is 5.75 Å². The molecule has 1 aliphatic carbocycles. The van der Waals surface area contributed by atoms with Gasteiger partial charge in [0.05, 0.1) is 6.10 Å². The van der Waals surface area contributed by atoms with Crippen molar-refractivity contribution in [3.8, 4) is 5.75 Å². The van der Waals surface area contributed by atoms with Gasteiger partial charge in [0.2, 0.25) is 0 Å². The highest BCUT2D eigenvalue weighted by atomic mass is 19.3. The summed E-state index contributed by atoms with van der Waals surface area (Å²) in [5, 5.41) is 10.3. The Labute approximate surface area is 106 Å². The zero-order valence-electron chi connectivity index (χ0n) is 10.2. The third kappa shape index (κ3) is 3.19. The quantitative estimate of drug-likeness (QED) is 0.885. The molecule has 1 unspecified atom stereocenters. The van der Waals surface area contributed by atoms with Crippen LogP contribution in [0.1, 0.15) is 43.8 Å². The van der Waals surface area contributed by atoms with Crippen LogP contribution in [0.2, 0.25) is 0 Å². The fourth-order valence-corrected chi connectivity index (χ4v) is 2.63. The number of hydrogen-bond donors (Lipinski definition) is 1. The minimum atomic E-state index is -2.86. The third-order valence-electron chi connectivity index (χ3n) is 3.55. The number of halogens is 2. The fourth-order valence-electron chi connectivity index (χ4n) is 2.63. The van der Waals surface area contributed by atoms with Crippen LogP contribution >= 0.6 is 0 Å². The van der Waals surface area contributed by atoms with Crippen LogP contribution < -0.4 is 4.74 Å². The van der Waals surface area contributed by atoms with Gasteiger partial charge >= 0.3 is 6.61 Å². The molecule has 1 N–H and O–H groups in total. The molecule has 1 aromatic carbocycles. The summed E-state index contributed by atoms with van der Waals surface area (Å²) in [6.45, 7) is -2.86. The average molecular weight is 256 g/mol. The van der Waals surface area contributed by atoms with Gasteiger partial charge in [-0.15, -0.1) is 0 Å². The van der Waals surface area contributed by atoms with Gasteiger partial charge in [-0.3, -0.25) is 0 Å². The molecule has 2 rings (SSSR count). The van der Waals surface area contributed by atoms with Crippen LogP contribution in [0.5, 0.6) is 5.75 Å². The Balaban J connectivity index is 2.15. The first-order chi connectivity index (χ1) is 8.68. The van der Waals surface area contributed by atoms with E-state index >= 15 is 0 Å². The molecule has 0 heterocycles. The number of aliphatic hydroxyl groups excluding tert-OH is 1. The summed E-state index contributed by atoms with van der Waals surface area (Å²) in [5.74, 6) is 0.242. The molecule has 0 bridgehead atoms. The van der Waals surface area contributed by atoms with Crippen molar-refractivity contribution in [1.29, 1.82) is 0 Å². The smallest absolute Gasteiger partial charge is 0.387 e. The molecule has 1 aliphatic rings. The number of rotatable bonds is 4. The van der Waals surface area contributed by atoms with Crippen molar-refractivity contribution in [2.75, 3.05) is 0 Å². The van der Waals surface area contributed by atoms with Crippen molar-refractivity contribution in [3.63, 3.8) is 0 Å². The Morgan fingerprint density at radius 3 is 2.44 bits per heavy atom. The van der Waals surface area contributed by atoms with Gasteiger partial charge in [0.25, 0.3) is 0 Å². The van der Waals surface area contributed by atoms with E-state index in [-0.39, 0.29) is 11.7 Å². The average Bonchev–Trinajstić information content (AvgIpc) is 2.39. The SMILES string of the molecule is OC(c1ccccc1OC(F)F)C1CCCCC1. The molecule has 1 atom stereocenters. The number of aliphatic hydroxyl groups is 1. The molecule has 0 spiro atoms. The highest BCUT2D eigenvalue weighted by molar-refractivity contribution is 5.35. The Morgan fingerprint density at radius 1 is 1.11 bits per heavy atom. The lowest BCUT2D eigenvalue weighted by Crippen LogP contribution is -2.17. The van der Waals surface area contributed by atoms with Crippen molar-refractivity contribution in [3.05, 3.63) is 29.8 Å². The maximum absolute atomic E-state index is 12.3. The van der Waals surface area contributed by atoms with Crippen molar-refractivity contribution >= 4 is 0 Å². The molecule has 1 aromatic rings. The van der Waals surface area contributed by atoms with Crippen LogP contribution in [0, 0.1) is 5.92 Å². The van der Waals surface area contributed by atoms with Gasteiger partial charge in [0.15, 0.2) is 0 Å². The first-order valence-electron chi connectivity index (χ1n) is 6.40. The molecule has 1 saturated carbocycles. The highest BCUT2D eigenvalue weighted by Gasteiger charge is 2.25. The maximum atomic E-state index is 12.3. The van der Waals surface area contributed by atoms with E-state index in [1.165, 1.54) is 12.5 Å². The third-order valence-corrected chi connectivity index (χ3v) is 3.55. The van der Waals surface area contributed by atoms with Crippen molar-refractivity contribution in [1.82, 2.24) is 0 Å². The lowest BCUT2D eigenvalue weighted by molar-refractivity contribution is -0.0524. The van der Waals surface area contributed by atoms with E-state index in [4.69, 9.17) is 0 Å². The zero-order chi connectivity index (χ0) is 13.0. The number of ether oxygens (including phenoxy) is 1. The normalized spacial score (nSPS) is 18.9. The summed E-state index contributed by atoms with van der Waals surface area (Å²) in [4.78, 5) is 0. The molecule has 0 aliphatic heterocycles. The van der Waals surface area contributed by atoms with Crippen molar-refractivity contribution in [2.45, 2.75) is 44.8 Å². The maximum Gasteiger partial charge on any atom is 0.387 e. The van der Waals surface area contributed by atoms with E-state index in [2.05, 4.69) is 4.74 Å². The molecule has 1 fully saturated rings. The van der Waals surface area contributed by atoms with Crippen LogP contribution in [0.15, 0.2) is 24.3 Å². The number of para-hydroxylation sites is 1. The van der Waals surface area contributed by atoms with Crippen LogP contribution in [-0.4, -0.2) is 11.7 Å². The second-order valence-electron chi connectivity index (χ2n) is 4.76. The molecule has 18 heavy (non-hydrogen) atoms. The second kappa shape index (κ2) is 6.14. The lowest BCUT2D eigenvalue weighted by atomic mass is 9.82. The molecule has 4 heteroatoms. The molecule has 0 saturated heterocycles. The van der Waals surface area contributed by atoms with Crippen LogP contribution in [0.4, 0.5) is 8.78 Å². The predicted octanol–water partition coefficient (Wildman–Crippen LogP) is 3.90. The summed E-state index contributed by atoms with van der Waals surface area (Å²) >= 11 is 0. The Kier molecular flexibility index (Phi) is 4.53. The standard InChI is InChI=1S/C14H18F2O2/c15-14(16)18-12-9-5-4-8-11(12)13(17)10-6-2-1-3-7-10/h4-5,8-10,13-14,17H,1-3,6-7H2. The predicted molar refractivity (Wildman–Crippen MR) is 64.6 cm³/mol. The molecule has 100 valence electrons. The van der Waals surface area contributed by atoms with E-state index < -0.39 is 12.7 Å². The van der Waals surface area contributed by atoms with Gasteiger partial charge in [-0.05, 0) is 24.8 Å². The first kappa shape index (κ1) is 13.3. The molecular formula is C14H18F2O2. The molecular weight excluding hydrogens is 238 g/mol. The van der Waals surface area contributed by atoms with E-state index in [9.17, 15) is 13.9 Å². The number of hydrogen-bond acceptors (Lipinski definition) is 2. The molecule has 0 amide bonds. The Hall–Kier alpha value is -1.16. The van der Waals surface area contributed by atoms with Gasteiger partial charge in [-0.25, -0.2) is 0 Å². The minimum Gasteiger partial charge on any atom is -0.434 e. The zero-order valence-corrected chi connectivity index (χ0v) is 10.2. The number of benzene rings is 1. The lowest BCUT2D eigenvalue weighted by Gasteiger charge is -2.27. The summed E-state index contributed by atoms with van der Waals surface area (Å²) in [5.41, 5.74) is 0.477. The van der Waals surface area contributed by atoms with Gasteiger partial charge in [-0.1, -0.05) is 37.5 Å². The van der Waals surface area contributed by atoms with Gasteiger partial charge in [0, 0.05) is 5.56 Å². The van der Waals surface area contributed by atoms with E-state index in [0.717, 1.165) is 25.7 Å². The first-order valence-corrected chi connectivity index (χ1v) is 6.40. The van der Waals surface area contributed by atoms with Crippen molar-refractivity contribution < 1.29 is 18.6 Å². The fraction of sp³-hybridized carbons (Fsp3) is 0.571. The summed E-state index contributed by atoms with van der Waals surface area (Å²) in [7, 11) is 0. The molecule has 0 radical (unpaired) electrons. The van der Waals surface area contributed by atoms with Crippen LogP contribution in [-0.2, 0) is 0 Å². The second-order valence-corrected chi connectivity index (χ2v) is 4.76. The summed E-state index contributed by atoms with van der Waals surface area (Å²) in [6.07, 6.45) is 4.58. The van der Waals surface area contributed by atoms with E-state index in [1.807, 2.05) is 0 Å². The topological polar surface area (TPSA) is 29.5 Å². The van der Waals surface area contributed by atoms with Gasteiger partial charge < -0.3 is 9.84 Å². The van der Waals surface area contributed by atoms with Crippen LogP contribution in [0.3, 0.4) is 0 Å². The summed E-state index contributed by atoms with van der Waals surface area (Å²) in [6, 6.07) is 6.51. The Bertz CT molecular complexity index is 376. The minimum absolute atomic E-state index is 0.0885. The molecule has 2 nitrogen and oxygen atoms in total. The summed E-state index contributed by atoms with van der Waals surface area (Å²) < 4.78 is 29.1. The van der Waals surface area contributed by atoms with E-state index in [0.29, 0.717) is 5.56 Å². The number of alkyl halides is 2.